The molecule has 1 amide bonds. The fraction of sp³-hybridized carbons (Fsp3) is 0.250. The van der Waals surface area contributed by atoms with E-state index in [4.69, 9.17) is 4.74 Å². The highest BCUT2D eigenvalue weighted by Gasteiger charge is 2.11. The number of fused-ring (bicyclic) bond motifs is 1. The van der Waals surface area contributed by atoms with E-state index in [1.165, 1.54) is 0 Å². The maximum atomic E-state index is 12.1. The van der Waals surface area contributed by atoms with Gasteiger partial charge in [0.25, 0.3) is 5.91 Å². The summed E-state index contributed by atoms with van der Waals surface area (Å²) in [5.74, 6) is -0.0197. The van der Waals surface area contributed by atoms with Crippen molar-refractivity contribution in [1.29, 1.82) is 0 Å². The van der Waals surface area contributed by atoms with E-state index in [0.717, 1.165) is 11.3 Å². The molecule has 3 heterocycles. The molecule has 0 radical (unpaired) electrons. The van der Waals surface area contributed by atoms with Crippen molar-refractivity contribution >= 4 is 23.2 Å². The van der Waals surface area contributed by atoms with Gasteiger partial charge < -0.3 is 10.1 Å². The topological polar surface area (TPSA) is 93.4 Å². The number of hydrogen-bond donors (Lipinski definition) is 2. The molecule has 0 bridgehead atoms. The molecule has 0 aliphatic heterocycles. The van der Waals surface area contributed by atoms with Gasteiger partial charge in [-0.05, 0) is 30.7 Å². The first-order valence-electron chi connectivity index (χ1n) is 7.48. The van der Waals surface area contributed by atoms with Crippen molar-refractivity contribution in [2.75, 3.05) is 30.9 Å². The van der Waals surface area contributed by atoms with Crippen LogP contribution in [0.2, 0.25) is 0 Å². The van der Waals surface area contributed by atoms with Crippen LogP contribution < -0.4 is 10.6 Å². The zero-order valence-electron chi connectivity index (χ0n) is 13.5. The summed E-state index contributed by atoms with van der Waals surface area (Å²) >= 11 is 0. The van der Waals surface area contributed by atoms with Crippen LogP contribution in [0.4, 0.5) is 11.6 Å². The van der Waals surface area contributed by atoms with Crippen LogP contribution in [0.1, 0.15) is 15.9 Å². The zero-order chi connectivity index (χ0) is 16.9. The fourth-order valence-corrected chi connectivity index (χ4v) is 2.23. The van der Waals surface area contributed by atoms with Gasteiger partial charge in [-0.3, -0.25) is 15.1 Å². The van der Waals surface area contributed by atoms with Crippen molar-refractivity contribution in [3.63, 3.8) is 0 Å². The lowest BCUT2D eigenvalue weighted by Gasteiger charge is -2.08. The van der Waals surface area contributed by atoms with Gasteiger partial charge in [0, 0.05) is 31.6 Å². The second-order valence-corrected chi connectivity index (χ2v) is 5.22. The number of aromatic nitrogens is 4. The largest absolute Gasteiger partial charge is 0.383 e. The number of pyridine rings is 2. The molecule has 2 N–H and O–H groups in total. The first-order valence-corrected chi connectivity index (χ1v) is 7.48. The lowest BCUT2D eigenvalue weighted by atomic mass is 10.2. The quantitative estimate of drug-likeness (QED) is 0.670. The number of amides is 1. The smallest absolute Gasteiger partial charge is 0.258 e. The molecular weight excluding hydrogens is 308 g/mol. The standard InChI is InChI=1S/C16H18N6O2/c1-11-9-14-19-16(20-15(23)12-3-5-17-6-4-12)21-22(14)10-13(11)18-7-8-24-2/h3-6,9-10,18H,7-8H2,1-2H3,(H,20,21,23). The Morgan fingerprint density at radius 2 is 2.12 bits per heavy atom. The van der Waals surface area contributed by atoms with Crippen molar-refractivity contribution in [2.24, 2.45) is 0 Å². The molecule has 0 fully saturated rings. The number of rotatable bonds is 6. The van der Waals surface area contributed by atoms with Crippen molar-refractivity contribution in [1.82, 2.24) is 19.6 Å². The molecule has 24 heavy (non-hydrogen) atoms. The predicted octanol–water partition coefficient (Wildman–Crippen LogP) is 1.74. The van der Waals surface area contributed by atoms with Crippen LogP contribution in [-0.4, -0.2) is 45.8 Å². The van der Waals surface area contributed by atoms with E-state index in [1.54, 1.807) is 36.2 Å². The summed E-state index contributed by atoms with van der Waals surface area (Å²) in [5, 5.41) is 10.3. The fourth-order valence-electron chi connectivity index (χ4n) is 2.23. The summed E-state index contributed by atoms with van der Waals surface area (Å²) in [6.45, 7) is 3.30. The molecule has 8 heteroatoms. The summed E-state index contributed by atoms with van der Waals surface area (Å²) < 4.78 is 6.66. The summed E-state index contributed by atoms with van der Waals surface area (Å²) in [4.78, 5) is 20.4. The Morgan fingerprint density at radius 3 is 2.88 bits per heavy atom. The van der Waals surface area contributed by atoms with E-state index in [9.17, 15) is 4.79 Å². The number of aryl methyl sites for hydroxylation is 1. The first kappa shape index (κ1) is 15.9. The number of ether oxygens (including phenoxy) is 1. The lowest BCUT2D eigenvalue weighted by molar-refractivity contribution is 0.102. The van der Waals surface area contributed by atoms with E-state index in [0.29, 0.717) is 24.4 Å². The first-order chi connectivity index (χ1) is 11.7. The number of nitrogens with zero attached hydrogens (tertiary/aromatic N) is 4. The highest BCUT2D eigenvalue weighted by Crippen LogP contribution is 2.17. The van der Waals surface area contributed by atoms with Gasteiger partial charge in [0.15, 0.2) is 5.65 Å². The molecule has 0 unspecified atom stereocenters. The third-order valence-corrected chi connectivity index (χ3v) is 3.47. The van der Waals surface area contributed by atoms with Crippen LogP contribution in [0.3, 0.4) is 0 Å². The summed E-state index contributed by atoms with van der Waals surface area (Å²) in [7, 11) is 1.66. The van der Waals surface area contributed by atoms with Crippen molar-refractivity contribution in [3.8, 4) is 0 Å². The summed E-state index contributed by atoms with van der Waals surface area (Å²) in [6, 6.07) is 5.17. The SMILES string of the molecule is COCCNc1cn2nc(NC(=O)c3ccncc3)nc2cc1C. The number of hydrogen-bond acceptors (Lipinski definition) is 6. The number of carbonyl (C=O) groups excluding carboxylic acids is 1. The van der Waals surface area contributed by atoms with Gasteiger partial charge in [0.1, 0.15) is 0 Å². The maximum absolute atomic E-state index is 12.1. The number of methoxy groups -OCH3 is 1. The molecule has 0 saturated heterocycles. The molecular formula is C16H18N6O2. The number of nitrogens with one attached hydrogen (secondary N) is 2. The van der Waals surface area contributed by atoms with Crippen molar-refractivity contribution in [3.05, 3.63) is 47.9 Å². The maximum Gasteiger partial charge on any atom is 0.258 e. The van der Waals surface area contributed by atoms with Gasteiger partial charge in [-0.2, -0.15) is 4.98 Å². The number of anilines is 2. The Bertz CT molecular complexity index is 846. The van der Waals surface area contributed by atoms with Gasteiger partial charge in [-0.1, -0.05) is 0 Å². The van der Waals surface area contributed by atoms with Gasteiger partial charge in [0.05, 0.1) is 18.5 Å². The van der Waals surface area contributed by atoms with E-state index in [1.807, 2.05) is 19.2 Å². The van der Waals surface area contributed by atoms with Gasteiger partial charge in [0.2, 0.25) is 5.95 Å². The highest BCUT2D eigenvalue weighted by molar-refractivity contribution is 6.03. The Hall–Kier alpha value is -3.00. The molecule has 0 aliphatic rings. The second-order valence-electron chi connectivity index (χ2n) is 5.22. The third-order valence-electron chi connectivity index (χ3n) is 3.47. The van der Waals surface area contributed by atoms with Gasteiger partial charge >= 0.3 is 0 Å². The predicted molar refractivity (Wildman–Crippen MR) is 90.3 cm³/mol. The Morgan fingerprint density at radius 1 is 1.33 bits per heavy atom. The van der Waals surface area contributed by atoms with E-state index in [2.05, 4.69) is 25.7 Å². The van der Waals surface area contributed by atoms with Crippen LogP contribution in [0, 0.1) is 6.92 Å². The molecule has 8 nitrogen and oxygen atoms in total. The Kier molecular flexibility index (Phi) is 4.66. The van der Waals surface area contributed by atoms with Crippen LogP contribution in [0.5, 0.6) is 0 Å². The normalized spacial score (nSPS) is 10.8. The molecule has 3 aromatic heterocycles. The Balaban J connectivity index is 1.79. The van der Waals surface area contributed by atoms with Gasteiger partial charge in [-0.25, -0.2) is 4.52 Å². The molecule has 0 aliphatic carbocycles. The van der Waals surface area contributed by atoms with Gasteiger partial charge in [-0.15, -0.1) is 5.10 Å². The zero-order valence-corrected chi connectivity index (χ0v) is 13.5. The molecule has 0 saturated carbocycles. The summed E-state index contributed by atoms with van der Waals surface area (Å²) in [6.07, 6.45) is 4.97. The van der Waals surface area contributed by atoms with E-state index < -0.39 is 0 Å². The summed E-state index contributed by atoms with van der Waals surface area (Å²) in [5.41, 5.74) is 3.14. The molecule has 124 valence electrons. The minimum absolute atomic E-state index is 0.255. The molecule has 3 rings (SSSR count). The molecule has 0 aromatic carbocycles. The average Bonchev–Trinajstić information content (AvgIpc) is 2.97. The van der Waals surface area contributed by atoms with Crippen LogP contribution in [0.25, 0.3) is 5.65 Å². The van der Waals surface area contributed by atoms with E-state index >= 15 is 0 Å². The molecule has 3 aromatic rings. The monoisotopic (exact) mass is 326 g/mol. The lowest BCUT2D eigenvalue weighted by Crippen LogP contribution is -2.13. The molecule has 0 spiro atoms. The van der Waals surface area contributed by atoms with Crippen LogP contribution in [-0.2, 0) is 4.74 Å². The third kappa shape index (κ3) is 3.49. The second kappa shape index (κ2) is 7.05. The average molecular weight is 326 g/mol. The molecule has 0 atom stereocenters. The number of carbonyl (C=O) groups is 1. The van der Waals surface area contributed by atoms with Crippen molar-refractivity contribution < 1.29 is 9.53 Å². The Labute approximate surface area is 138 Å². The van der Waals surface area contributed by atoms with Crippen molar-refractivity contribution in [2.45, 2.75) is 6.92 Å². The minimum atomic E-state index is -0.275. The van der Waals surface area contributed by atoms with Crippen LogP contribution in [0.15, 0.2) is 36.8 Å². The highest BCUT2D eigenvalue weighted by atomic mass is 16.5. The van der Waals surface area contributed by atoms with E-state index in [-0.39, 0.29) is 11.9 Å². The van der Waals surface area contributed by atoms with Crippen LogP contribution >= 0.6 is 0 Å². The minimum Gasteiger partial charge on any atom is -0.383 e.